The zero-order chi connectivity index (χ0) is 12.3. The summed E-state index contributed by atoms with van der Waals surface area (Å²) in [6.45, 7) is 4.76. The number of aliphatic hydroxyl groups is 1. The lowest BCUT2D eigenvalue weighted by Gasteiger charge is -2.39. The van der Waals surface area contributed by atoms with Crippen molar-refractivity contribution in [1.29, 1.82) is 0 Å². The molecule has 1 aromatic rings. The van der Waals surface area contributed by atoms with Crippen molar-refractivity contribution in [3.63, 3.8) is 0 Å². The van der Waals surface area contributed by atoms with Gasteiger partial charge in [0.25, 0.3) is 0 Å². The number of rotatable bonds is 3. The van der Waals surface area contributed by atoms with E-state index in [0.717, 1.165) is 12.2 Å². The molecule has 4 nitrogen and oxygen atoms in total. The molecule has 0 saturated carbocycles. The molecular weight excluding hydrogens is 214 g/mol. The van der Waals surface area contributed by atoms with Gasteiger partial charge in [0.15, 0.2) is 0 Å². The van der Waals surface area contributed by atoms with Gasteiger partial charge in [-0.2, -0.15) is 0 Å². The number of nitrogens with zero attached hydrogens (tertiary/aromatic N) is 3. The lowest BCUT2D eigenvalue weighted by molar-refractivity contribution is 0.147. The van der Waals surface area contributed by atoms with E-state index in [2.05, 4.69) is 4.99 Å². The van der Waals surface area contributed by atoms with Gasteiger partial charge in [-0.15, -0.1) is 0 Å². The van der Waals surface area contributed by atoms with Gasteiger partial charge >= 0.3 is 0 Å². The molecule has 1 unspecified atom stereocenters. The Bertz CT molecular complexity index is 428. The van der Waals surface area contributed by atoms with Gasteiger partial charge in [0, 0.05) is 18.8 Å². The molecule has 2 rings (SSSR count). The van der Waals surface area contributed by atoms with E-state index in [1.165, 1.54) is 0 Å². The fraction of sp³-hybridized carbons (Fsp3) is 0.308. The Hall–Kier alpha value is -1.97. The Morgan fingerprint density at radius 1 is 1.35 bits per heavy atom. The normalized spacial score (nSPS) is 19.1. The summed E-state index contributed by atoms with van der Waals surface area (Å²) in [4.78, 5) is 4.28. The summed E-state index contributed by atoms with van der Waals surface area (Å²) in [6, 6.07) is 9.97. The number of aliphatic hydroxyl groups excluding tert-OH is 1. The van der Waals surface area contributed by atoms with Gasteiger partial charge in [-0.3, -0.25) is 10.0 Å². The Labute approximate surface area is 101 Å². The summed E-state index contributed by atoms with van der Waals surface area (Å²) in [5, 5.41) is 13.8. The molecule has 0 radical (unpaired) electrons. The molecule has 1 aliphatic rings. The predicted molar refractivity (Wildman–Crippen MR) is 70.0 cm³/mol. The van der Waals surface area contributed by atoms with Gasteiger partial charge in [0.2, 0.25) is 5.88 Å². The molecule has 0 aliphatic carbocycles. The van der Waals surface area contributed by atoms with E-state index in [-0.39, 0.29) is 12.0 Å². The van der Waals surface area contributed by atoms with Gasteiger partial charge < -0.3 is 5.11 Å². The van der Waals surface area contributed by atoms with Crippen LogP contribution in [-0.4, -0.2) is 29.0 Å². The number of anilines is 1. The van der Waals surface area contributed by atoms with Crippen LogP contribution in [0.5, 0.6) is 0 Å². The molecular formula is C13H17N3O. The second-order valence-corrected chi connectivity index (χ2v) is 3.85. The molecule has 1 aliphatic heterocycles. The SMILES string of the molecule is CCN(c1ccccc1)N1C(O)=CC=NC1C. The van der Waals surface area contributed by atoms with E-state index < -0.39 is 0 Å². The fourth-order valence-electron chi connectivity index (χ4n) is 1.95. The van der Waals surface area contributed by atoms with E-state index in [1.807, 2.05) is 49.2 Å². The van der Waals surface area contributed by atoms with Gasteiger partial charge in [-0.05, 0) is 26.0 Å². The third-order valence-corrected chi connectivity index (χ3v) is 2.73. The molecule has 1 atom stereocenters. The highest BCUT2D eigenvalue weighted by Crippen LogP contribution is 2.22. The highest BCUT2D eigenvalue weighted by Gasteiger charge is 2.24. The van der Waals surface area contributed by atoms with Crippen LogP contribution in [0.2, 0.25) is 0 Å². The molecule has 4 heteroatoms. The molecule has 0 aromatic heterocycles. The zero-order valence-corrected chi connectivity index (χ0v) is 10.1. The number of hydrogen-bond acceptors (Lipinski definition) is 4. The summed E-state index contributed by atoms with van der Waals surface area (Å²) in [7, 11) is 0. The minimum Gasteiger partial charge on any atom is -0.493 e. The second-order valence-electron chi connectivity index (χ2n) is 3.85. The molecule has 1 N–H and O–H groups in total. The van der Waals surface area contributed by atoms with Crippen LogP contribution in [0.15, 0.2) is 47.3 Å². The van der Waals surface area contributed by atoms with E-state index in [4.69, 9.17) is 0 Å². The zero-order valence-electron chi connectivity index (χ0n) is 10.1. The van der Waals surface area contributed by atoms with Crippen molar-refractivity contribution in [3.8, 4) is 0 Å². The number of hydrazine groups is 1. The van der Waals surface area contributed by atoms with Crippen LogP contribution < -0.4 is 5.01 Å². The number of allylic oxidation sites excluding steroid dienone is 1. The average molecular weight is 231 g/mol. The summed E-state index contributed by atoms with van der Waals surface area (Å²) >= 11 is 0. The minimum absolute atomic E-state index is 0.0971. The number of benzene rings is 1. The van der Waals surface area contributed by atoms with Crippen molar-refractivity contribution >= 4 is 11.9 Å². The van der Waals surface area contributed by atoms with Crippen LogP contribution in [0.3, 0.4) is 0 Å². The predicted octanol–water partition coefficient (Wildman–Crippen LogP) is 2.56. The standard InChI is InChI=1S/C13H17N3O/c1-3-15(12-7-5-4-6-8-12)16-11(2)14-10-9-13(16)17/h4-11,17H,3H2,1-2H3. The van der Waals surface area contributed by atoms with Gasteiger partial charge in [0.1, 0.15) is 6.17 Å². The van der Waals surface area contributed by atoms with Crippen molar-refractivity contribution in [2.24, 2.45) is 4.99 Å². The largest absolute Gasteiger partial charge is 0.493 e. The van der Waals surface area contributed by atoms with Gasteiger partial charge in [-0.1, -0.05) is 18.2 Å². The fourth-order valence-corrected chi connectivity index (χ4v) is 1.95. The smallest absolute Gasteiger partial charge is 0.209 e. The third kappa shape index (κ3) is 2.25. The molecule has 90 valence electrons. The van der Waals surface area contributed by atoms with E-state index in [1.54, 1.807) is 17.3 Å². The average Bonchev–Trinajstić information content (AvgIpc) is 2.35. The van der Waals surface area contributed by atoms with Crippen molar-refractivity contribution < 1.29 is 5.11 Å². The number of para-hydroxylation sites is 1. The van der Waals surface area contributed by atoms with Crippen LogP contribution >= 0.6 is 0 Å². The quantitative estimate of drug-likeness (QED) is 0.869. The number of hydrogen-bond donors (Lipinski definition) is 1. The first-order chi connectivity index (χ1) is 8.24. The molecule has 0 bridgehead atoms. The Morgan fingerprint density at radius 3 is 2.65 bits per heavy atom. The molecule has 0 saturated heterocycles. The molecule has 0 amide bonds. The lowest BCUT2D eigenvalue weighted by atomic mass is 10.3. The summed E-state index contributed by atoms with van der Waals surface area (Å²) in [5.41, 5.74) is 1.04. The molecule has 0 spiro atoms. The lowest BCUT2D eigenvalue weighted by Crippen LogP contribution is -2.47. The van der Waals surface area contributed by atoms with Crippen LogP contribution in [0, 0.1) is 0 Å². The summed E-state index contributed by atoms with van der Waals surface area (Å²) in [6.07, 6.45) is 3.14. The first kappa shape index (κ1) is 11.5. The molecule has 0 fully saturated rings. The summed E-state index contributed by atoms with van der Waals surface area (Å²) in [5.74, 6) is 0.221. The monoisotopic (exact) mass is 231 g/mol. The van der Waals surface area contributed by atoms with Crippen LogP contribution in [0.1, 0.15) is 13.8 Å². The topological polar surface area (TPSA) is 39.1 Å². The molecule has 17 heavy (non-hydrogen) atoms. The van der Waals surface area contributed by atoms with Crippen LogP contribution in [0.4, 0.5) is 5.69 Å². The van der Waals surface area contributed by atoms with Crippen LogP contribution in [0.25, 0.3) is 0 Å². The third-order valence-electron chi connectivity index (χ3n) is 2.73. The Balaban J connectivity index is 2.30. The first-order valence-electron chi connectivity index (χ1n) is 5.78. The maximum Gasteiger partial charge on any atom is 0.209 e. The maximum atomic E-state index is 9.96. The molecule has 1 heterocycles. The molecule has 1 aromatic carbocycles. The van der Waals surface area contributed by atoms with E-state index in [9.17, 15) is 5.11 Å². The van der Waals surface area contributed by atoms with Crippen molar-refractivity contribution in [2.75, 3.05) is 11.6 Å². The highest BCUT2D eigenvalue weighted by atomic mass is 16.3. The summed E-state index contributed by atoms with van der Waals surface area (Å²) < 4.78 is 0. The maximum absolute atomic E-state index is 9.96. The minimum atomic E-state index is -0.0971. The van der Waals surface area contributed by atoms with Crippen molar-refractivity contribution in [1.82, 2.24) is 5.01 Å². The Morgan fingerprint density at radius 2 is 2.06 bits per heavy atom. The van der Waals surface area contributed by atoms with Crippen LogP contribution in [-0.2, 0) is 0 Å². The van der Waals surface area contributed by atoms with E-state index >= 15 is 0 Å². The van der Waals surface area contributed by atoms with Gasteiger partial charge in [0.05, 0.1) is 5.69 Å². The van der Waals surface area contributed by atoms with Crippen molar-refractivity contribution in [2.45, 2.75) is 20.0 Å². The first-order valence-corrected chi connectivity index (χ1v) is 5.78. The Kier molecular flexibility index (Phi) is 3.32. The van der Waals surface area contributed by atoms with E-state index in [0.29, 0.717) is 0 Å². The second kappa shape index (κ2) is 4.91. The highest BCUT2D eigenvalue weighted by molar-refractivity contribution is 5.72. The van der Waals surface area contributed by atoms with Crippen molar-refractivity contribution in [3.05, 3.63) is 42.3 Å². The number of aliphatic imine (C=N–C) groups is 1. The van der Waals surface area contributed by atoms with Gasteiger partial charge in [-0.25, -0.2) is 5.01 Å².